The molecule has 0 atom stereocenters. The third kappa shape index (κ3) is 8.37. The van der Waals surface area contributed by atoms with Gasteiger partial charge in [0.1, 0.15) is 5.84 Å². The Hall–Kier alpha value is -1.36. The molecule has 0 aliphatic heterocycles. The Kier molecular flexibility index (Phi) is 12.3. The number of hydrogen-bond donors (Lipinski definition) is 0. The van der Waals surface area contributed by atoms with Crippen LogP contribution in [0.25, 0.3) is 0 Å². The van der Waals surface area contributed by atoms with E-state index in [1.807, 2.05) is 34.0 Å². The minimum atomic E-state index is 0.0490. The summed E-state index contributed by atoms with van der Waals surface area (Å²) in [4.78, 5) is 20.9. The number of rotatable bonds is 3. The van der Waals surface area contributed by atoms with E-state index in [9.17, 15) is 4.79 Å². The van der Waals surface area contributed by atoms with Gasteiger partial charge in [-0.05, 0) is 39.5 Å². The summed E-state index contributed by atoms with van der Waals surface area (Å²) >= 11 is 1.43. The monoisotopic (exact) mass is 283 g/mol. The first-order valence-electron chi connectivity index (χ1n) is 5.95. The number of allylic oxidation sites excluding steroid dienone is 1. The van der Waals surface area contributed by atoms with Crippen molar-refractivity contribution in [1.29, 1.82) is 0 Å². The molecule has 1 amide bonds. The molecule has 0 radical (unpaired) electrons. The summed E-state index contributed by atoms with van der Waals surface area (Å²) in [5.41, 5.74) is 0.746. The molecule has 0 aliphatic carbocycles. The molecule has 0 bridgehead atoms. The number of carbonyl (C=O) groups is 1. The van der Waals surface area contributed by atoms with E-state index in [1.165, 1.54) is 11.8 Å². The molecule has 0 heterocycles. The van der Waals surface area contributed by atoms with Crippen molar-refractivity contribution in [2.24, 2.45) is 9.98 Å². The van der Waals surface area contributed by atoms with Crippen molar-refractivity contribution in [3.8, 4) is 0 Å². The fourth-order valence-electron chi connectivity index (χ4n) is 1.07. The molecule has 0 saturated heterocycles. The molecule has 5 heteroatoms. The van der Waals surface area contributed by atoms with Crippen molar-refractivity contribution in [1.82, 2.24) is 4.90 Å². The van der Waals surface area contributed by atoms with Crippen LogP contribution in [0.2, 0.25) is 0 Å². The van der Waals surface area contributed by atoms with Crippen LogP contribution in [0, 0.1) is 0 Å². The maximum Gasteiger partial charge on any atom is 0.215 e. The van der Waals surface area contributed by atoms with Crippen LogP contribution in [0.4, 0.5) is 0 Å². The minimum absolute atomic E-state index is 0.0490. The second-order valence-electron chi connectivity index (χ2n) is 3.94. The van der Waals surface area contributed by atoms with E-state index < -0.39 is 0 Å². The topological polar surface area (TPSA) is 45.0 Å². The Balaban J connectivity index is 0. The van der Waals surface area contributed by atoms with Crippen molar-refractivity contribution in [3.05, 3.63) is 24.8 Å². The van der Waals surface area contributed by atoms with Crippen LogP contribution in [0.15, 0.2) is 34.8 Å². The summed E-state index contributed by atoms with van der Waals surface area (Å²) in [7, 11) is 1.67. The highest BCUT2D eigenvalue weighted by molar-refractivity contribution is 8.13. The second-order valence-corrected chi connectivity index (χ2v) is 4.71. The molecular weight excluding hydrogens is 258 g/mol. The van der Waals surface area contributed by atoms with Gasteiger partial charge >= 0.3 is 0 Å². The minimum Gasteiger partial charge on any atom is -0.297 e. The van der Waals surface area contributed by atoms with Crippen molar-refractivity contribution in [2.45, 2.75) is 33.7 Å². The summed E-state index contributed by atoms with van der Waals surface area (Å²) in [5, 5.41) is 0.630. The predicted molar refractivity (Wildman–Crippen MR) is 88.0 cm³/mol. The molecule has 0 aromatic carbocycles. The highest BCUT2D eigenvalue weighted by atomic mass is 32.2. The molecule has 108 valence electrons. The van der Waals surface area contributed by atoms with E-state index in [0.717, 1.165) is 12.0 Å². The average molecular weight is 283 g/mol. The molecule has 0 fully saturated rings. The third-order valence-corrected chi connectivity index (χ3v) is 2.51. The zero-order valence-corrected chi connectivity index (χ0v) is 13.6. The van der Waals surface area contributed by atoms with Crippen LogP contribution in [-0.4, -0.2) is 41.7 Å². The molecule has 0 rings (SSSR count). The van der Waals surface area contributed by atoms with Gasteiger partial charge in [0.25, 0.3) is 0 Å². The lowest BCUT2D eigenvalue weighted by Crippen LogP contribution is -2.36. The van der Waals surface area contributed by atoms with Gasteiger partial charge in [0.05, 0.1) is 0 Å². The van der Waals surface area contributed by atoms with Crippen LogP contribution in [0.1, 0.15) is 27.7 Å². The van der Waals surface area contributed by atoms with Gasteiger partial charge in [-0.25, -0.2) is 4.99 Å². The number of amides is 1. The van der Waals surface area contributed by atoms with Crippen molar-refractivity contribution in [3.63, 3.8) is 0 Å². The van der Waals surface area contributed by atoms with Crippen molar-refractivity contribution in [2.75, 3.05) is 13.3 Å². The Bertz CT molecular complexity index is 360. The summed E-state index contributed by atoms with van der Waals surface area (Å²) in [6.07, 6.45) is 4.41. The van der Waals surface area contributed by atoms with E-state index >= 15 is 0 Å². The molecule has 0 aromatic heterocycles. The quantitative estimate of drug-likeness (QED) is 0.345. The first-order valence-corrected chi connectivity index (χ1v) is 7.17. The Morgan fingerprint density at radius 3 is 2.11 bits per heavy atom. The molecule has 4 nitrogen and oxygen atoms in total. The number of aliphatic imine (C=N–C) groups is 2. The summed E-state index contributed by atoms with van der Waals surface area (Å²) in [6.45, 7) is 14.8. The van der Waals surface area contributed by atoms with E-state index in [1.54, 1.807) is 18.0 Å². The number of carbonyl (C=O) groups excluding carboxylic acids is 1. The van der Waals surface area contributed by atoms with Gasteiger partial charge in [-0.1, -0.05) is 24.4 Å². The molecule has 0 spiro atoms. The molecule has 0 aromatic rings. The normalized spacial score (nSPS) is 11.5. The number of hydrogen-bond acceptors (Lipinski definition) is 3. The highest BCUT2D eigenvalue weighted by Crippen LogP contribution is 2.08. The molecule has 0 aliphatic rings. The lowest BCUT2D eigenvalue weighted by Gasteiger charge is -2.23. The first kappa shape index (κ1) is 20.0. The molecular formula is C14H25N3OS. The molecule has 0 N–H and O–H groups in total. The van der Waals surface area contributed by atoms with Crippen molar-refractivity contribution < 1.29 is 4.79 Å². The molecule has 0 unspecified atom stereocenters. The zero-order chi connectivity index (χ0) is 15.4. The average Bonchev–Trinajstić information content (AvgIpc) is 2.34. The number of nitrogens with zero attached hydrogens (tertiary/aromatic N) is 3. The van der Waals surface area contributed by atoms with Crippen LogP contribution in [0.3, 0.4) is 0 Å². The smallest absolute Gasteiger partial charge is 0.215 e. The van der Waals surface area contributed by atoms with E-state index in [0.29, 0.717) is 11.0 Å². The summed E-state index contributed by atoms with van der Waals surface area (Å²) in [6, 6.07) is 0.0490. The first-order chi connectivity index (χ1) is 8.89. The molecule has 0 saturated carbocycles. The third-order valence-electron chi connectivity index (χ3n) is 1.87. The largest absolute Gasteiger partial charge is 0.297 e. The predicted octanol–water partition coefficient (Wildman–Crippen LogP) is 3.37. The number of thioether (sulfide) groups is 1. The SMILES string of the molecule is C=C(C)/C(=N\C(=NC)SC)N(C=O)C(C)C.C=CC. The van der Waals surface area contributed by atoms with Gasteiger partial charge in [-0.2, -0.15) is 0 Å². The fraction of sp³-hybridized carbons (Fsp3) is 0.500. The Morgan fingerprint density at radius 1 is 1.42 bits per heavy atom. The standard InChI is InChI=1S/C11H19N3OS.C3H6/c1-8(2)10(13-11(12-5)16-6)14(7-15)9(3)4;1-3-2/h7,9H,1H2,2-6H3;3H,1H2,2H3/b12-11?,13-10+;. The van der Waals surface area contributed by atoms with Crippen LogP contribution in [-0.2, 0) is 4.79 Å². The van der Waals surface area contributed by atoms with Crippen molar-refractivity contribution >= 4 is 29.2 Å². The van der Waals surface area contributed by atoms with Crippen LogP contribution >= 0.6 is 11.8 Å². The van der Waals surface area contributed by atoms with E-state index in [-0.39, 0.29) is 6.04 Å². The maximum absolute atomic E-state index is 11.0. The van der Waals surface area contributed by atoms with Gasteiger partial charge < -0.3 is 0 Å². The number of amidine groups is 2. The van der Waals surface area contributed by atoms with Gasteiger partial charge in [0.2, 0.25) is 6.41 Å². The molecule has 19 heavy (non-hydrogen) atoms. The van der Waals surface area contributed by atoms with E-state index in [4.69, 9.17) is 0 Å². The fourth-order valence-corrected chi connectivity index (χ4v) is 1.43. The second kappa shape index (κ2) is 11.7. The van der Waals surface area contributed by atoms with E-state index in [2.05, 4.69) is 23.1 Å². The van der Waals surface area contributed by atoms with Gasteiger partial charge in [0.15, 0.2) is 5.17 Å². The van der Waals surface area contributed by atoms with Gasteiger partial charge in [0, 0.05) is 13.1 Å². The van der Waals surface area contributed by atoms with Gasteiger partial charge in [-0.3, -0.25) is 14.7 Å². The van der Waals surface area contributed by atoms with Crippen LogP contribution in [0.5, 0.6) is 0 Å². The lowest BCUT2D eigenvalue weighted by molar-refractivity contribution is -0.115. The lowest BCUT2D eigenvalue weighted by atomic mass is 10.2. The Morgan fingerprint density at radius 2 is 1.89 bits per heavy atom. The highest BCUT2D eigenvalue weighted by Gasteiger charge is 2.15. The maximum atomic E-state index is 11.0. The zero-order valence-electron chi connectivity index (χ0n) is 12.8. The van der Waals surface area contributed by atoms with Crippen LogP contribution < -0.4 is 0 Å². The summed E-state index contributed by atoms with van der Waals surface area (Å²) < 4.78 is 0. The Labute approximate surface area is 121 Å². The summed E-state index contributed by atoms with van der Waals surface area (Å²) in [5.74, 6) is 0.569. The van der Waals surface area contributed by atoms with Gasteiger partial charge in [-0.15, -0.1) is 6.58 Å².